The summed E-state index contributed by atoms with van der Waals surface area (Å²) < 4.78 is 4.98. The zero-order valence-electron chi connectivity index (χ0n) is 10.1. The zero-order valence-corrected chi connectivity index (χ0v) is 11.8. The maximum absolute atomic E-state index is 4.98. The van der Waals surface area contributed by atoms with Gasteiger partial charge in [-0.15, -0.1) is 21.5 Å². The lowest BCUT2D eigenvalue weighted by molar-refractivity contribution is 0.199. The van der Waals surface area contributed by atoms with E-state index in [1.165, 1.54) is 22.9 Å². The molecule has 1 fully saturated rings. The molecule has 1 atom stereocenters. The molecule has 0 aromatic carbocycles. The molecule has 2 rings (SSSR count). The molecule has 1 aliphatic heterocycles. The van der Waals surface area contributed by atoms with Crippen molar-refractivity contribution in [2.45, 2.75) is 18.8 Å². The van der Waals surface area contributed by atoms with Crippen LogP contribution in [0.5, 0.6) is 0 Å². The number of ether oxygens (including phenoxy) is 1. The van der Waals surface area contributed by atoms with E-state index in [0.29, 0.717) is 5.92 Å². The molecule has 1 N–H and O–H groups in total. The third-order valence-corrected chi connectivity index (χ3v) is 5.07. The van der Waals surface area contributed by atoms with Crippen LogP contribution in [-0.2, 0) is 11.2 Å². The molecule has 96 valence electrons. The van der Waals surface area contributed by atoms with Crippen molar-refractivity contribution in [1.82, 2.24) is 15.5 Å². The number of aromatic nitrogens is 2. The van der Waals surface area contributed by atoms with E-state index in [0.717, 1.165) is 31.1 Å². The van der Waals surface area contributed by atoms with Gasteiger partial charge in [0.2, 0.25) is 0 Å². The standard InChI is InChI=1S/C11H19N3OS2/c1-15-6-5-12-4-2-10-13-14-11(17-10)9-3-7-16-8-9/h9,12H,2-8H2,1H3. The molecule has 0 radical (unpaired) electrons. The summed E-state index contributed by atoms with van der Waals surface area (Å²) in [6.07, 6.45) is 2.24. The summed E-state index contributed by atoms with van der Waals surface area (Å²) in [5, 5.41) is 14.3. The van der Waals surface area contributed by atoms with E-state index >= 15 is 0 Å². The third-order valence-electron chi connectivity index (χ3n) is 2.76. The molecule has 4 nitrogen and oxygen atoms in total. The van der Waals surface area contributed by atoms with Crippen molar-refractivity contribution in [1.29, 1.82) is 0 Å². The Balaban J connectivity index is 1.70. The Morgan fingerprint density at radius 3 is 3.12 bits per heavy atom. The van der Waals surface area contributed by atoms with Crippen LogP contribution in [0, 0.1) is 0 Å². The Labute approximate surface area is 111 Å². The second-order valence-electron chi connectivity index (χ2n) is 4.09. The minimum atomic E-state index is 0.660. The lowest BCUT2D eigenvalue weighted by Gasteiger charge is -2.01. The molecular weight excluding hydrogens is 254 g/mol. The van der Waals surface area contributed by atoms with Crippen LogP contribution in [0.4, 0.5) is 0 Å². The van der Waals surface area contributed by atoms with Gasteiger partial charge in [0.15, 0.2) is 0 Å². The molecule has 0 bridgehead atoms. The maximum atomic E-state index is 4.98. The van der Waals surface area contributed by atoms with Crippen LogP contribution in [0.2, 0.25) is 0 Å². The van der Waals surface area contributed by atoms with Crippen LogP contribution in [-0.4, -0.2) is 48.5 Å². The van der Waals surface area contributed by atoms with E-state index in [1.807, 2.05) is 11.8 Å². The first-order valence-corrected chi connectivity index (χ1v) is 7.97. The van der Waals surface area contributed by atoms with Crippen molar-refractivity contribution in [3.05, 3.63) is 10.0 Å². The van der Waals surface area contributed by atoms with E-state index in [2.05, 4.69) is 15.5 Å². The van der Waals surface area contributed by atoms with Crippen LogP contribution < -0.4 is 5.32 Å². The van der Waals surface area contributed by atoms with Crippen molar-refractivity contribution < 1.29 is 4.74 Å². The van der Waals surface area contributed by atoms with Crippen molar-refractivity contribution in [2.24, 2.45) is 0 Å². The molecule has 0 amide bonds. The monoisotopic (exact) mass is 273 g/mol. The average Bonchev–Trinajstić information content (AvgIpc) is 2.99. The van der Waals surface area contributed by atoms with Gasteiger partial charge in [0, 0.05) is 38.3 Å². The molecule has 2 heterocycles. The van der Waals surface area contributed by atoms with Crippen LogP contribution in [0.3, 0.4) is 0 Å². The molecular formula is C11H19N3OS2. The van der Waals surface area contributed by atoms with Crippen molar-refractivity contribution in [3.63, 3.8) is 0 Å². The quantitative estimate of drug-likeness (QED) is 0.764. The fourth-order valence-electron chi connectivity index (χ4n) is 1.76. The zero-order chi connectivity index (χ0) is 11.9. The molecule has 1 unspecified atom stereocenters. The second kappa shape index (κ2) is 7.31. The third kappa shape index (κ3) is 4.21. The van der Waals surface area contributed by atoms with Crippen LogP contribution in [0.15, 0.2) is 0 Å². The molecule has 1 aliphatic rings. The fraction of sp³-hybridized carbons (Fsp3) is 0.818. The summed E-state index contributed by atoms with van der Waals surface area (Å²) in [6, 6.07) is 0. The first-order chi connectivity index (χ1) is 8.40. The van der Waals surface area contributed by atoms with Crippen LogP contribution in [0.1, 0.15) is 22.4 Å². The number of hydrogen-bond acceptors (Lipinski definition) is 6. The van der Waals surface area contributed by atoms with Crippen LogP contribution in [0.25, 0.3) is 0 Å². The lowest BCUT2D eigenvalue weighted by Crippen LogP contribution is -2.21. The number of thioether (sulfide) groups is 1. The Morgan fingerprint density at radius 2 is 2.35 bits per heavy atom. The maximum Gasteiger partial charge on any atom is 0.121 e. The largest absolute Gasteiger partial charge is 0.383 e. The Bertz CT molecular complexity index is 326. The van der Waals surface area contributed by atoms with Gasteiger partial charge in [-0.25, -0.2) is 0 Å². The topological polar surface area (TPSA) is 47.0 Å². The molecule has 0 saturated carbocycles. The van der Waals surface area contributed by atoms with Gasteiger partial charge >= 0.3 is 0 Å². The predicted octanol–water partition coefficient (Wildman–Crippen LogP) is 1.54. The number of methoxy groups -OCH3 is 1. The summed E-state index contributed by atoms with van der Waals surface area (Å²) >= 11 is 3.81. The normalized spacial score (nSPS) is 19.9. The van der Waals surface area contributed by atoms with Gasteiger partial charge in [-0.05, 0) is 12.2 Å². The minimum Gasteiger partial charge on any atom is -0.383 e. The Hall–Kier alpha value is -0.170. The van der Waals surface area contributed by atoms with Gasteiger partial charge in [-0.3, -0.25) is 0 Å². The highest BCUT2D eigenvalue weighted by Gasteiger charge is 2.21. The van der Waals surface area contributed by atoms with E-state index in [-0.39, 0.29) is 0 Å². The number of nitrogens with one attached hydrogen (secondary N) is 1. The van der Waals surface area contributed by atoms with Gasteiger partial charge < -0.3 is 10.1 Å². The Morgan fingerprint density at radius 1 is 1.41 bits per heavy atom. The highest BCUT2D eigenvalue weighted by Crippen LogP contribution is 2.33. The molecule has 0 aliphatic carbocycles. The van der Waals surface area contributed by atoms with E-state index < -0.39 is 0 Å². The van der Waals surface area contributed by atoms with E-state index in [1.54, 1.807) is 18.4 Å². The Kier molecular flexibility index (Phi) is 5.70. The molecule has 17 heavy (non-hydrogen) atoms. The van der Waals surface area contributed by atoms with E-state index in [4.69, 9.17) is 4.74 Å². The van der Waals surface area contributed by atoms with Gasteiger partial charge in [-0.2, -0.15) is 11.8 Å². The fourth-order valence-corrected chi connectivity index (χ4v) is 4.07. The number of nitrogens with zero attached hydrogens (tertiary/aromatic N) is 2. The average molecular weight is 273 g/mol. The van der Waals surface area contributed by atoms with Crippen molar-refractivity contribution in [3.8, 4) is 0 Å². The second-order valence-corrected chi connectivity index (χ2v) is 6.33. The summed E-state index contributed by atoms with van der Waals surface area (Å²) in [5.74, 6) is 3.16. The van der Waals surface area contributed by atoms with Crippen LogP contribution >= 0.6 is 23.1 Å². The molecule has 6 heteroatoms. The number of rotatable bonds is 7. The van der Waals surface area contributed by atoms with Gasteiger partial charge in [0.25, 0.3) is 0 Å². The minimum absolute atomic E-state index is 0.660. The van der Waals surface area contributed by atoms with Gasteiger partial charge in [0.05, 0.1) is 6.61 Å². The molecule has 1 aromatic heterocycles. The summed E-state index contributed by atoms with van der Waals surface area (Å²) in [5.41, 5.74) is 0. The summed E-state index contributed by atoms with van der Waals surface area (Å²) in [7, 11) is 1.72. The smallest absolute Gasteiger partial charge is 0.121 e. The first kappa shape index (κ1) is 13.3. The highest BCUT2D eigenvalue weighted by molar-refractivity contribution is 7.99. The lowest BCUT2D eigenvalue weighted by atomic mass is 10.1. The van der Waals surface area contributed by atoms with Crippen molar-refractivity contribution >= 4 is 23.1 Å². The van der Waals surface area contributed by atoms with Gasteiger partial charge in [-0.1, -0.05) is 0 Å². The SMILES string of the molecule is COCCNCCc1nnc(C2CCSC2)s1. The number of hydrogen-bond donors (Lipinski definition) is 1. The predicted molar refractivity (Wildman–Crippen MR) is 73.0 cm³/mol. The van der Waals surface area contributed by atoms with Gasteiger partial charge in [0.1, 0.15) is 10.0 Å². The highest BCUT2D eigenvalue weighted by atomic mass is 32.2. The molecule has 1 saturated heterocycles. The van der Waals surface area contributed by atoms with E-state index in [9.17, 15) is 0 Å². The molecule has 0 spiro atoms. The molecule has 1 aromatic rings. The summed E-state index contributed by atoms with van der Waals surface area (Å²) in [6.45, 7) is 2.62. The van der Waals surface area contributed by atoms with Crippen molar-refractivity contribution in [2.75, 3.05) is 38.3 Å². The first-order valence-electron chi connectivity index (χ1n) is 6.00. The summed E-state index contributed by atoms with van der Waals surface area (Å²) in [4.78, 5) is 0.